The molecule has 2 N–H and O–H groups in total. The lowest BCUT2D eigenvalue weighted by Gasteiger charge is -2.12. The highest BCUT2D eigenvalue weighted by Gasteiger charge is 2.11. The Morgan fingerprint density at radius 2 is 2.05 bits per heavy atom. The quantitative estimate of drug-likeness (QED) is 0.764. The van der Waals surface area contributed by atoms with E-state index in [1.807, 2.05) is 30.3 Å². The molecule has 1 aliphatic rings. The van der Waals surface area contributed by atoms with Crippen LogP contribution in [0, 0.1) is 0 Å². The van der Waals surface area contributed by atoms with E-state index in [2.05, 4.69) is 20.3 Å². The number of benzene rings is 1. The lowest BCUT2D eigenvalue weighted by Crippen LogP contribution is -2.08. The minimum atomic E-state index is -0.0520. The van der Waals surface area contributed by atoms with E-state index in [4.69, 9.17) is 0 Å². The average Bonchev–Trinajstić information content (AvgIpc) is 2.94. The fourth-order valence-electron chi connectivity index (χ4n) is 2.77. The van der Waals surface area contributed by atoms with Crippen LogP contribution in [-0.4, -0.2) is 21.5 Å². The highest BCUT2D eigenvalue weighted by atomic mass is 19.1. The first-order valence-electron chi connectivity index (χ1n) is 7.30. The van der Waals surface area contributed by atoms with Gasteiger partial charge in [0.25, 0.3) is 0 Å². The topological polar surface area (TPSA) is 53.6 Å². The molecule has 4 rings (SSSR count). The minimum absolute atomic E-state index is 0.0520. The third-order valence-corrected chi connectivity index (χ3v) is 3.96. The first kappa shape index (κ1) is 13.0. The number of aromatic amines is 1. The smallest absolute Gasteiger partial charge is 0.154 e. The molecule has 3 aromatic rings. The van der Waals surface area contributed by atoms with Gasteiger partial charge in [0.1, 0.15) is 23.2 Å². The number of aromatic nitrogens is 3. The third kappa shape index (κ3) is 2.24. The first-order chi connectivity index (χ1) is 10.8. The van der Waals surface area contributed by atoms with E-state index < -0.39 is 0 Å². The summed E-state index contributed by atoms with van der Waals surface area (Å²) in [7, 11) is 0. The Morgan fingerprint density at radius 1 is 1.14 bits per heavy atom. The maximum absolute atomic E-state index is 13.0. The number of allylic oxidation sites excluding steroid dienone is 3. The van der Waals surface area contributed by atoms with Gasteiger partial charge in [-0.2, -0.15) is 0 Å². The molecule has 4 nitrogen and oxygen atoms in total. The zero-order valence-electron chi connectivity index (χ0n) is 11.9. The molecule has 0 spiro atoms. The number of anilines is 1. The summed E-state index contributed by atoms with van der Waals surface area (Å²) in [5.74, 6) is 0.723. The van der Waals surface area contributed by atoms with Crippen molar-refractivity contribution in [3.05, 3.63) is 54.1 Å². The Kier molecular flexibility index (Phi) is 3.11. The molecular weight excluding hydrogens is 279 g/mol. The van der Waals surface area contributed by atoms with Gasteiger partial charge in [-0.25, -0.2) is 14.4 Å². The van der Waals surface area contributed by atoms with Crippen LogP contribution in [0.25, 0.3) is 21.9 Å². The van der Waals surface area contributed by atoms with Gasteiger partial charge in [0.15, 0.2) is 5.82 Å². The fourth-order valence-corrected chi connectivity index (χ4v) is 2.77. The number of nitrogens with one attached hydrogen (secondary N) is 2. The molecule has 0 bridgehead atoms. The molecule has 0 aliphatic heterocycles. The van der Waals surface area contributed by atoms with Crippen molar-refractivity contribution >= 4 is 27.8 Å². The molecule has 0 unspecified atom stereocenters. The second kappa shape index (κ2) is 5.26. The molecule has 0 radical (unpaired) electrons. The van der Waals surface area contributed by atoms with Crippen molar-refractivity contribution < 1.29 is 4.39 Å². The van der Waals surface area contributed by atoms with Crippen molar-refractivity contribution in [2.45, 2.75) is 12.8 Å². The molecule has 1 aliphatic carbocycles. The number of H-pyrrole nitrogens is 1. The second-order valence-corrected chi connectivity index (χ2v) is 5.41. The molecule has 5 heteroatoms. The van der Waals surface area contributed by atoms with Crippen LogP contribution in [0.3, 0.4) is 0 Å². The van der Waals surface area contributed by atoms with Crippen LogP contribution in [0.4, 0.5) is 10.2 Å². The number of fused-ring (bicyclic) bond motifs is 3. The number of hydrogen-bond donors (Lipinski definition) is 2. The van der Waals surface area contributed by atoms with Crippen LogP contribution in [0.15, 0.2) is 54.1 Å². The van der Waals surface area contributed by atoms with Gasteiger partial charge in [-0.15, -0.1) is 0 Å². The van der Waals surface area contributed by atoms with Gasteiger partial charge in [-0.1, -0.05) is 29.8 Å². The third-order valence-electron chi connectivity index (χ3n) is 3.96. The van der Waals surface area contributed by atoms with Crippen molar-refractivity contribution in [2.75, 3.05) is 11.9 Å². The summed E-state index contributed by atoms with van der Waals surface area (Å²) in [6.45, 7) is 0.658. The number of para-hydroxylation sites is 1. The summed E-state index contributed by atoms with van der Waals surface area (Å²) in [6, 6.07) is 8.06. The molecule has 1 aromatic carbocycles. The summed E-state index contributed by atoms with van der Waals surface area (Å²) < 4.78 is 13.0. The first-order valence-corrected chi connectivity index (χ1v) is 7.30. The summed E-state index contributed by atoms with van der Waals surface area (Å²) >= 11 is 0. The van der Waals surface area contributed by atoms with E-state index in [0.717, 1.165) is 34.2 Å². The number of hydrogen-bond acceptors (Lipinski definition) is 3. The molecular formula is C17H15FN4. The lowest BCUT2D eigenvalue weighted by atomic mass is 10.0. The van der Waals surface area contributed by atoms with Crippen LogP contribution >= 0.6 is 0 Å². The van der Waals surface area contributed by atoms with Crippen molar-refractivity contribution in [1.29, 1.82) is 0 Å². The van der Waals surface area contributed by atoms with Crippen LogP contribution in [0.2, 0.25) is 0 Å². The van der Waals surface area contributed by atoms with Crippen LogP contribution in [-0.2, 0) is 0 Å². The van der Waals surface area contributed by atoms with Gasteiger partial charge in [-0.05, 0) is 18.6 Å². The molecule has 0 saturated heterocycles. The molecule has 2 heterocycles. The van der Waals surface area contributed by atoms with E-state index in [-0.39, 0.29) is 5.83 Å². The van der Waals surface area contributed by atoms with Crippen molar-refractivity contribution in [3.8, 4) is 0 Å². The van der Waals surface area contributed by atoms with Crippen LogP contribution < -0.4 is 5.32 Å². The van der Waals surface area contributed by atoms with Gasteiger partial charge in [0.05, 0.1) is 0 Å². The largest absolute Gasteiger partial charge is 0.364 e. The summed E-state index contributed by atoms with van der Waals surface area (Å²) in [5, 5.41) is 4.42. The Balaban J connectivity index is 1.67. The van der Waals surface area contributed by atoms with Crippen molar-refractivity contribution in [2.24, 2.45) is 0 Å². The second-order valence-electron chi connectivity index (χ2n) is 5.41. The SMILES string of the molecule is FC1=CC=C(CNc2ncnc3c2[nH]c2ccccc23)CC1. The molecule has 0 fully saturated rings. The Morgan fingerprint density at radius 3 is 2.91 bits per heavy atom. The standard InChI is InChI=1S/C17H15FN4/c18-12-7-5-11(6-8-12)9-19-17-16-15(20-10-21-17)13-3-1-2-4-14(13)22-16/h1-5,7,10,22H,6,8-9H2,(H,19,20,21). The minimum Gasteiger partial charge on any atom is -0.364 e. The molecule has 2 aromatic heterocycles. The maximum atomic E-state index is 13.0. The number of nitrogens with zero attached hydrogens (tertiary/aromatic N) is 2. The Labute approximate surface area is 126 Å². The van der Waals surface area contributed by atoms with Gasteiger partial charge >= 0.3 is 0 Å². The van der Waals surface area contributed by atoms with Gasteiger partial charge < -0.3 is 10.3 Å². The molecule has 0 atom stereocenters. The number of rotatable bonds is 3. The van der Waals surface area contributed by atoms with Crippen molar-refractivity contribution in [1.82, 2.24) is 15.0 Å². The summed E-state index contributed by atoms with van der Waals surface area (Å²) in [6.07, 6.45) is 6.18. The summed E-state index contributed by atoms with van der Waals surface area (Å²) in [5.41, 5.74) is 4.03. The highest BCUT2D eigenvalue weighted by molar-refractivity contribution is 6.07. The summed E-state index contributed by atoms with van der Waals surface area (Å²) in [4.78, 5) is 12.1. The molecule has 110 valence electrons. The van der Waals surface area contributed by atoms with E-state index in [1.165, 1.54) is 5.57 Å². The fraction of sp³-hybridized carbons (Fsp3) is 0.176. The molecule has 0 saturated carbocycles. The van der Waals surface area contributed by atoms with Crippen LogP contribution in [0.5, 0.6) is 0 Å². The molecule has 22 heavy (non-hydrogen) atoms. The predicted molar refractivity (Wildman–Crippen MR) is 86.4 cm³/mol. The Hall–Kier alpha value is -2.69. The van der Waals surface area contributed by atoms with Gasteiger partial charge in [-0.3, -0.25) is 0 Å². The van der Waals surface area contributed by atoms with Crippen molar-refractivity contribution in [3.63, 3.8) is 0 Å². The van der Waals surface area contributed by atoms with E-state index in [9.17, 15) is 4.39 Å². The normalized spacial score (nSPS) is 15.0. The van der Waals surface area contributed by atoms with Gasteiger partial charge in [0.2, 0.25) is 0 Å². The molecule has 0 amide bonds. The number of halogens is 1. The highest BCUT2D eigenvalue weighted by Crippen LogP contribution is 2.27. The van der Waals surface area contributed by atoms with Crippen LogP contribution in [0.1, 0.15) is 12.8 Å². The predicted octanol–water partition coefficient (Wildman–Crippen LogP) is 4.10. The van der Waals surface area contributed by atoms with Gasteiger partial charge in [0, 0.05) is 23.9 Å². The Bertz CT molecular complexity index is 907. The van der Waals surface area contributed by atoms with E-state index in [1.54, 1.807) is 12.4 Å². The average molecular weight is 294 g/mol. The lowest BCUT2D eigenvalue weighted by molar-refractivity contribution is 0.581. The maximum Gasteiger partial charge on any atom is 0.154 e. The van der Waals surface area contributed by atoms with E-state index in [0.29, 0.717) is 13.0 Å². The van der Waals surface area contributed by atoms with E-state index >= 15 is 0 Å². The zero-order chi connectivity index (χ0) is 14.9. The monoisotopic (exact) mass is 294 g/mol. The zero-order valence-corrected chi connectivity index (χ0v) is 11.9.